The van der Waals surface area contributed by atoms with Crippen molar-refractivity contribution in [1.29, 1.82) is 0 Å². The van der Waals surface area contributed by atoms with E-state index in [1.807, 2.05) is 36.4 Å². The summed E-state index contributed by atoms with van der Waals surface area (Å²) in [5, 5.41) is 4.94. The standard InChI is InChI=1S/C51H36N4/c1-33-24-25-39(40-27-29-47-45(32-40)42-21-11-12-23-46(42)55(47)41-28-26-35-15-9-10-20-38(35)30-41)31-44(33)48-34(2)14-13-22-43(48)51-53-49(36-16-5-3-6-17-36)52-50(54-51)37-18-7-4-8-19-37/h3-32H,1-2H3. The minimum atomic E-state index is 0.651. The topological polar surface area (TPSA) is 43.6 Å². The van der Waals surface area contributed by atoms with Crippen molar-refractivity contribution in [3.63, 3.8) is 0 Å². The molecule has 0 atom stereocenters. The Balaban J connectivity index is 1.12. The monoisotopic (exact) mass is 704 g/mol. The number of nitrogens with zero attached hydrogens (tertiary/aromatic N) is 4. The molecule has 0 aliphatic carbocycles. The number of benzene rings is 8. The van der Waals surface area contributed by atoms with Gasteiger partial charge in [0.15, 0.2) is 17.5 Å². The van der Waals surface area contributed by atoms with E-state index in [9.17, 15) is 0 Å². The van der Waals surface area contributed by atoms with Crippen LogP contribution in [0.4, 0.5) is 0 Å². The molecule has 0 saturated carbocycles. The number of rotatable bonds is 6. The van der Waals surface area contributed by atoms with E-state index in [1.54, 1.807) is 0 Å². The zero-order chi connectivity index (χ0) is 36.9. The van der Waals surface area contributed by atoms with E-state index in [2.05, 4.69) is 164 Å². The van der Waals surface area contributed by atoms with E-state index < -0.39 is 0 Å². The highest BCUT2D eigenvalue weighted by atomic mass is 15.0. The molecule has 260 valence electrons. The third-order valence-electron chi connectivity index (χ3n) is 10.7. The quantitative estimate of drug-likeness (QED) is 0.173. The Kier molecular flexibility index (Phi) is 7.88. The van der Waals surface area contributed by atoms with Crippen LogP contribution >= 0.6 is 0 Å². The average Bonchev–Trinajstić information content (AvgIpc) is 3.58. The molecule has 2 heterocycles. The normalized spacial score (nSPS) is 11.5. The van der Waals surface area contributed by atoms with Crippen LogP contribution in [-0.4, -0.2) is 19.5 Å². The van der Waals surface area contributed by atoms with Crippen molar-refractivity contribution in [2.45, 2.75) is 13.8 Å². The SMILES string of the molecule is Cc1ccc(-c2ccc3c(c2)c2ccccc2n3-c2ccc3ccccc3c2)cc1-c1c(C)cccc1-c1nc(-c2ccccc2)nc(-c2ccccc2)n1. The van der Waals surface area contributed by atoms with Crippen LogP contribution in [0.1, 0.15) is 11.1 Å². The molecule has 0 aliphatic rings. The van der Waals surface area contributed by atoms with E-state index in [0.717, 1.165) is 44.6 Å². The molecular weight excluding hydrogens is 669 g/mol. The summed E-state index contributed by atoms with van der Waals surface area (Å²) in [6.07, 6.45) is 0. The summed E-state index contributed by atoms with van der Waals surface area (Å²) in [6.45, 7) is 4.37. The summed E-state index contributed by atoms with van der Waals surface area (Å²) < 4.78 is 2.39. The van der Waals surface area contributed by atoms with Gasteiger partial charge in [-0.2, -0.15) is 0 Å². The summed E-state index contributed by atoms with van der Waals surface area (Å²) in [6, 6.07) is 64.4. The maximum atomic E-state index is 5.12. The van der Waals surface area contributed by atoms with Gasteiger partial charge in [0.1, 0.15) is 0 Å². The van der Waals surface area contributed by atoms with Crippen LogP contribution < -0.4 is 0 Å². The van der Waals surface area contributed by atoms with Crippen molar-refractivity contribution in [3.05, 3.63) is 193 Å². The van der Waals surface area contributed by atoms with Gasteiger partial charge in [0.05, 0.1) is 11.0 Å². The number of fused-ring (bicyclic) bond motifs is 4. The summed E-state index contributed by atoms with van der Waals surface area (Å²) >= 11 is 0. The zero-order valence-electron chi connectivity index (χ0n) is 30.6. The van der Waals surface area contributed by atoms with Crippen molar-refractivity contribution >= 4 is 32.6 Å². The molecule has 8 aromatic carbocycles. The first-order valence-electron chi connectivity index (χ1n) is 18.7. The predicted molar refractivity (Wildman–Crippen MR) is 228 cm³/mol. The van der Waals surface area contributed by atoms with Crippen molar-refractivity contribution in [3.8, 4) is 62.1 Å². The Labute approximate surface area is 320 Å². The number of aromatic nitrogens is 4. The minimum absolute atomic E-state index is 0.651. The third kappa shape index (κ3) is 5.76. The average molecular weight is 705 g/mol. The van der Waals surface area contributed by atoms with E-state index in [-0.39, 0.29) is 0 Å². The molecule has 0 amide bonds. The molecule has 0 fully saturated rings. The van der Waals surface area contributed by atoms with E-state index >= 15 is 0 Å². The van der Waals surface area contributed by atoms with E-state index in [1.165, 1.54) is 43.7 Å². The Morgan fingerprint density at radius 2 is 0.982 bits per heavy atom. The fraction of sp³-hybridized carbons (Fsp3) is 0.0392. The van der Waals surface area contributed by atoms with Crippen LogP contribution in [0, 0.1) is 13.8 Å². The third-order valence-corrected chi connectivity index (χ3v) is 10.7. The van der Waals surface area contributed by atoms with Gasteiger partial charge in [-0.1, -0.05) is 146 Å². The molecule has 0 saturated heterocycles. The maximum absolute atomic E-state index is 5.12. The second-order valence-electron chi connectivity index (χ2n) is 14.2. The summed E-state index contributed by atoms with van der Waals surface area (Å²) in [5.41, 5.74) is 13.4. The molecule has 0 aliphatic heterocycles. The van der Waals surface area contributed by atoms with Crippen molar-refractivity contribution in [1.82, 2.24) is 19.5 Å². The molecule has 0 radical (unpaired) electrons. The van der Waals surface area contributed by atoms with E-state index in [0.29, 0.717) is 17.5 Å². The van der Waals surface area contributed by atoms with E-state index in [4.69, 9.17) is 15.0 Å². The number of hydrogen-bond acceptors (Lipinski definition) is 3. The molecular formula is C51H36N4. The van der Waals surface area contributed by atoms with Gasteiger partial charge in [0.2, 0.25) is 0 Å². The number of hydrogen-bond donors (Lipinski definition) is 0. The largest absolute Gasteiger partial charge is 0.309 e. The van der Waals surface area contributed by atoms with Gasteiger partial charge in [0.25, 0.3) is 0 Å². The molecule has 0 bridgehead atoms. The minimum Gasteiger partial charge on any atom is -0.309 e. The molecule has 0 unspecified atom stereocenters. The van der Waals surface area contributed by atoms with Gasteiger partial charge in [-0.15, -0.1) is 0 Å². The lowest BCUT2D eigenvalue weighted by atomic mass is 9.89. The van der Waals surface area contributed by atoms with Gasteiger partial charge in [-0.05, 0) is 94.4 Å². The highest BCUT2D eigenvalue weighted by Gasteiger charge is 2.19. The second-order valence-corrected chi connectivity index (χ2v) is 14.2. The van der Waals surface area contributed by atoms with Crippen LogP contribution in [0.25, 0.3) is 94.7 Å². The van der Waals surface area contributed by atoms with Crippen LogP contribution in [0.3, 0.4) is 0 Å². The molecule has 0 spiro atoms. The van der Waals surface area contributed by atoms with Gasteiger partial charge >= 0.3 is 0 Å². The lowest BCUT2D eigenvalue weighted by Crippen LogP contribution is -2.02. The Bertz CT molecular complexity index is 2990. The molecule has 4 heteroatoms. The van der Waals surface area contributed by atoms with Crippen LogP contribution in [0.2, 0.25) is 0 Å². The van der Waals surface area contributed by atoms with Crippen molar-refractivity contribution in [2.75, 3.05) is 0 Å². The lowest BCUT2D eigenvalue weighted by Gasteiger charge is -2.17. The molecule has 55 heavy (non-hydrogen) atoms. The Morgan fingerprint density at radius 3 is 1.75 bits per heavy atom. The number of para-hydroxylation sites is 1. The summed E-state index contributed by atoms with van der Waals surface area (Å²) in [7, 11) is 0. The van der Waals surface area contributed by atoms with Crippen molar-refractivity contribution < 1.29 is 0 Å². The first-order valence-corrected chi connectivity index (χ1v) is 18.7. The predicted octanol–water partition coefficient (Wildman–Crippen LogP) is 13.1. The highest BCUT2D eigenvalue weighted by molar-refractivity contribution is 6.10. The summed E-state index contributed by atoms with van der Waals surface area (Å²) in [5.74, 6) is 1.95. The molecule has 2 aromatic heterocycles. The van der Waals surface area contributed by atoms with Crippen LogP contribution in [-0.2, 0) is 0 Å². The highest BCUT2D eigenvalue weighted by Crippen LogP contribution is 2.40. The number of aryl methyl sites for hydroxylation is 2. The fourth-order valence-corrected chi connectivity index (χ4v) is 7.96. The molecule has 4 nitrogen and oxygen atoms in total. The lowest BCUT2D eigenvalue weighted by molar-refractivity contribution is 1.07. The van der Waals surface area contributed by atoms with Gasteiger partial charge in [0, 0.05) is 33.2 Å². The fourth-order valence-electron chi connectivity index (χ4n) is 7.96. The maximum Gasteiger partial charge on any atom is 0.164 e. The first kappa shape index (κ1) is 32.5. The first-order chi connectivity index (χ1) is 27.1. The zero-order valence-corrected chi connectivity index (χ0v) is 30.6. The summed E-state index contributed by atoms with van der Waals surface area (Å²) in [4.78, 5) is 15.2. The Morgan fingerprint density at radius 1 is 0.364 bits per heavy atom. The molecule has 0 N–H and O–H groups in total. The van der Waals surface area contributed by atoms with Gasteiger partial charge in [-0.25, -0.2) is 15.0 Å². The van der Waals surface area contributed by atoms with Gasteiger partial charge in [-0.3, -0.25) is 0 Å². The van der Waals surface area contributed by atoms with Crippen molar-refractivity contribution in [2.24, 2.45) is 0 Å². The Hall–Kier alpha value is -7.17. The van der Waals surface area contributed by atoms with Crippen LogP contribution in [0.5, 0.6) is 0 Å². The van der Waals surface area contributed by atoms with Gasteiger partial charge < -0.3 is 4.57 Å². The molecule has 10 aromatic rings. The van der Waals surface area contributed by atoms with Crippen LogP contribution in [0.15, 0.2) is 182 Å². The molecule has 10 rings (SSSR count). The second kappa shape index (κ2) is 13.4. The smallest absolute Gasteiger partial charge is 0.164 e.